The highest BCUT2D eigenvalue weighted by molar-refractivity contribution is 5.69. The van der Waals surface area contributed by atoms with Gasteiger partial charge in [-0.2, -0.15) is 0 Å². The first-order chi connectivity index (χ1) is 12.6. The Morgan fingerprint density at radius 3 is 2.35 bits per heavy atom. The Balaban J connectivity index is 1.47. The summed E-state index contributed by atoms with van der Waals surface area (Å²) >= 11 is 0. The molecule has 1 N–H and O–H groups in total. The van der Waals surface area contributed by atoms with E-state index in [4.69, 9.17) is 4.74 Å². The fraction of sp³-hybridized carbons (Fsp3) is 0.381. The van der Waals surface area contributed by atoms with Crippen LogP contribution < -0.4 is 0 Å². The van der Waals surface area contributed by atoms with E-state index in [1.807, 2.05) is 30.3 Å². The molecular weight excluding hydrogens is 333 g/mol. The fourth-order valence-electron chi connectivity index (χ4n) is 4.38. The Bertz CT molecular complexity index is 781. The van der Waals surface area contributed by atoms with Crippen LogP contribution in [-0.4, -0.2) is 28.2 Å². The first-order valence-corrected chi connectivity index (χ1v) is 9.03. The van der Waals surface area contributed by atoms with Crippen LogP contribution in [0.5, 0.6) is 0 Å². The lowest BCUT2D eigenvalue weighted by Gasteiger charge is -2.43. The molecule has 0 spiro atoms. The maximum atomic E-state index is 14.2. The molecule has 2 heterocycles. The van der Waals surface area contributed by atoms with Crippen LogP contribution in [0.2, 0.25) is 0 Å². The molecule has 2 atom stereocenters. The maximum absolute atomic E-state index is 14.2. The Labute approximate surface area is 152 Å². The number of ether oxygens (including phenoxy) is 1. The summed E-state index contributed by atoms with van der Waals surface area (Å²) in [7, 11) is 0. The number of aliphatic hydroxyl groups is 1. The van der Waals surface area contributed by atoms with Crippen molar-refractivity contribution in [2.24, 2.45) is 0 Å². The van der Waals surface area contributed by atoms with Crippen LogP contribution in [0.15, 0.2) is 54.6 Å². The van der Waals surface area contributed by atoms with Gasteiger partial charge in [0.2, 0.25) is 0 Å². The minimum atomic E-state index is -1.23. The molecule has 0 aliphatic carbocycles. The molecule has 4 rings (SSSR count). The van der Waals surface area contributed by atoms with Gasteiger partial charge in [0.25, 0.3) is 0 Å². The number of carbonyl (C=O) groups is 1. The van der Waals surface area contributed by atoms with Crippen molar-refractivity contribution in [3.63, 3.8) is 0 Å². The SMILES string of the molecule is O=C(OCc1ccccc1)N1C2CCC1CC(O)(c1ccccc1F)C2. The number of rotatable bonds is 3. The average molecular weight is 355 g/mol. The van der Waals surface area contributed by atoms with Crippen molar-refractivity contribution < 1.29 is 19.0 Å². The topological polar surface area (TPSA) is 49.8 Å². The van der Waals surface area contributed by atoms with Crippen molar-refractivity contribution in [2.75, 3.05) is 0 Å². The summed E-state index contributed by atoms with van der Waals surface area (Å²) in [6, 6.07) is 15.7. The monoisotopic (exact) mass is 355 g/mol. The number of fused-ring (bicyclic) bond motifs is 2. The van der Waals surface area contributed by atoms with Crippen LogP contribution in [0.4, 0.5) is 9.18 Å². The van der Waals surface area contributed by atoms with Gasteiger partial charge in [-0.15, -0.1) is 0 Å². The van der Waals surface area contributed by atoms with Gasteiger partial charge >= 0.3 is 6.09 Å². The van der Waals surface area contributed by atoms with Gasteiger partial charge in [0.05, 0.1) is 5.60 Å². The van der Waals surface area contributed by atoms with E-state index >= 15 is 0 Å². The maximum Gasteiger partial charge on any atom is 0.410 e. The van der Waals surface area contributed by atoms with Crippen molar-refractivity contribution in [1.29, 1.82) is 0 Å². The van der Waals surface area contributed by atoms with E-state index in [2.05, 4.69) is 0 Å². The molecule has 136 valence electrons. The number of piperidine rings is 1. The Morgan fingerprint density at radius 2 is 1.69 bits per heavy atom. The van der Waals surface area contributed by atoms with E-state index < -0.39 is 11.4 Å². The quantitative estimate of drug-likeness (QED) is 0.906. The van der Waals surface area contributed by atoms with Crippen LogP contribution in [-0.2, 0) is 16.9 Å². The summed E-state index contributed by atoms with van der Waals surface area (Å²) in [5, 5.41) is 11.1. The number of amides is 1. The molecule has 2 aromatic carbocycles. The second kappa shape index (κ2) is 6.72. The van der Waals surface area contributed by atoms with Gasteiger partial charge in [-0.1, -0.05) is 48.5 Å². The molecule has 26 heavy (non-hydrogen) atoms. The molecular formula is C21H22FNO3. The number of benzene rings is 2. The Morgan fingerprint density at radius 1 is 1.08 bits per heavy atom. The summed E-state index contributed by atoms with van der Waals surface area (Å²) in [4.78, 5) is 14.3. The molecule has 2 saturated heterocycles. The predicted molar refractivity (Wildman–Crippen MR) is 94.8 cm³/mol. The lowest BCUT2D eigenvalue weighted by Crippen LogP contribution is -2.52. The van der Waals surface area contributed by atoms with Crippen molar-refractivity contribution in [3.8, 4) is 0 Å². The second-order valence-electron chi connectivity index (χ2n) is 7.25. The number of nitrogens with zero attached hydrogens (tertiary/aromatic N) is 1. The zero-order valence-electron chi connectivity index (χ0n) is 14.5. The normalized spacial score (nSPS) is 27.4. The Kier molecular flexibility index (Phi) is 4.41. The van der Waals surface area contributed by atoms with E-state index in [9.17, 15) is 14.3 Å². The van der Waals surface area contributed by atoms with Gasteiger partial charge < -0.3 is 14.7 Å². The summed E-state index contributed by atoms with van der Waals surface area (Å²) < 4.78 is 19.7. The second-order valence-corrected chi connectivity index (χ2v) is 7.25. The van der Waals surface area contributed by atoms with E-state index in [1.54, 1.807) is 23.1 Å². The van der Waals surface area contributed by atoms with Crippen molar-refractivity contribution in [2.45, 2.75) is 50.0 Å². The third kappa shape index (κ3) is 3.07. The van der Waals surface area contributed by atoms with Crippen LogP contribution in [0.1, 0.15) is 36.8 Å². The molecule has 0 radical (unpaired) electrons. The molecule has 2 bridgehead atoms. The smallest absolute Gasteiger partial charge is 0.410 e. The van der Waals surface area contributed by atoms with Gasteiger partial charge in [0, 0.05) is 30.5 Å². The zero-order chi connectivity index (χ0) is 18.1. The molecule has 1 amide bonds. The van der Waals surface area contributed by atoms with Crippen molar-refractivity contribution in [3.05, 3.63) is 71.5 Å². The van der Waals surface area contributed by atoms with Crippen LogP contribution in [0.25, 0.3) is 0 Å². The summed E-state index contributed by atoms with van der Waals surface area (Å²) in [6.45, 7) is 0.229. The van der Waals surface area contributed by atoms with Crippen LogP contribution in [0, 0.1) is 5.82 Å². The van der Waals surface area contributed by atoms with Crippen molar-refractivity contribution in [1.82, 2.24) is 4.90 Å². The van der Waals surface area contributed by atoms with Gasteiger partial charge in [-0.3, -0.25) is 0 Å². The molecule has 0 aromatic heterocycles. The summed E-state index contributed by atoms with van der Waals surface area (Å²) in [6.07, 6.45) is 1.94. The van der Waals surface area contributed by atoms with Crippen molar-refractivity contribution >= 4 is 6.09 Å². The number of halogens is 1. The van der Waals surface area contributed by atoms with Gasteiger partial charge in [-0.25, -0.2) is 9.18 Å². The number of hydrogen-bond acceptors (Lipinski definition) is 3. The van der Waals surface area contributed by atoms with E-state index in [-0.39, 0.29) is 24.8 Å². The molecule has 4 nitrogen and oxygen atoms in total. The third-order valence-corrected chi connectivity index (χ3v) is 5.56. The molecule has 2 aromatic rings. The summed E-state index contributed by atoms with van der Waals surface area (Å²) in [5.74, 6) is -0.394. The van der Waals surface area contributed by atoms with E-state index in [1.165, 1.54) is 6.07 Å². The molecule has 0 saturated carbocycles. The standard InChI is InChI=1S/C21H22FNO3/c22-19-9-5-4-8-18(19)21(25)12-16-10-11-17(13-21)23(16)20(24)26-14-15-6-2-1-3-7-15/h1-9,16-17,25H,10-14H2. The number of hydrogen-bond donors (Lipinski definition) is 1. The highest BCUT2D eigenvalue weighted by Gasteiger charge is 2.51. The third-order valence-electron chi connectivity index (χ3n) is 5.56. The molecule has 2 unspecified atom stereocenters. The molecule has 2 aliphatic heterocycles. The lowest BCUT2D eigenvalue weighted by molar-refractivity contribution is -0.0556. The minimum Gasteiger partial charge on any atom is -0.445 e. The highest BCUT2D eigenvalue weighted by atomic mass is 19.1. The van der Waals surface area contributed by atoms with Gasteiger partial charge in [-0.05, 0) is 24.5 Å². The van der Waals surface area contributed by atoms with Crippen LogP contribution in [0.3, 0.4) is 0 Å². The average Bonchev–Trinajstić information content (AvgIpc) is 2.93. The molecule has 2 aliphatic rings. The van der Waals surface area contributed by atoms with Gasteiger partial charge in [0.15, 0.2) is 0 Å². The van der Waals surface area contributed by atoms with E-state index in [0.717, 1.165) is 18.4 Å². The number of carbonyl (C=O) groups excluding carboxylic acids is 1. The minimum absolute atomic E-state index is 0.123. The lowest BCUT2D eigenvalue weighted by atomic mass is 9.80. The fourth-order valence-corrected chi connectivity index (χ4v) is 4.38. The van der Waals surface area contributed by atoms with Crippen LogP contribution >= 0.6 is 0 Å². The highest BCUT2D eigenvalue weighted by Crippen LogP contribution is 2.46. The first-order valence-electron chi connectivity index (χ1n) is 9.03. The molecule has 5 heteroatoms. The predicted octanol–water partition coefficient (Wildman–Crippen LogP) is 3.98. The Hall–Kier alpha value is -2.40. The molecule has 2 fully saturated rings. The van der Waals surface area contributed by atoms with E-state index in [0.29, 0.717) is 18.4 Å². The first kappa shape index (κ1) is 17.0. The summed E-state index contributed by atoms with van der Waals surface area (Å²) in [5.41, 5.74) is 0.0372. The zero-order valence-corrected chi connectivity index (χ0v) is 14.5. The van der Waals surface area contributed by atoms with Gasteiger partial charge in [0.1, 0.15) is 12.4 Å². The largest absolute Gasteiger partial charge is 0.445 e.